The van der Waals surface area contributed by atoms with Crippen LogP contribution in [-0.4, -0.2) is 34.3 Å². The minimum Gasteiger partial charge on any atom is -0.356 e. The predicted molar refractivity (Wildman–Crippen MR) is 116 cm³/mol. The number of hydrogen-bond donors (Lipinski definition) is 2. The summed E-state index contributed by atoms with van der Waals surface area (Å²) in [5.74, 6) is 2.26. The van der Waals surface area contributed by atoms with Crippen LogP contribution in [0.2, 0.25) is 0 Å². The highest BCUT2D eigenvalue weighted by atomic mass is 127. The van der Waals surface area contributed by atoms with Crippen molar-refractivity contribution in [2.45, 2.75) is 51.6 Å². The third-order valence-electron chi connectivity index (χ3n) is 4.82. The summed E-state index contributed by atoms with van der Waals surface area (Å²) in [5.41, 5.74) is 0.719. The fourth-order valence-corrected chi connectivity index (χ4v) is 3.28. The lowest BCUT2D eigenvalue weighted by Crippen LogP contribution is -2.45. The van der Waals surface area contributed by atoms with E-state index in [1.54, 1.807) is 19.2 Å². The molecular formula is C19H28FIN6. The highest BCUT2D eigenvalue weighted by Gasteiger charge is 2.26. The van der Waals surface area contributed by atoms with Crippen molar-refractivity contribution in [3.8, 4) is 0 Å². The summed E-state index contributed by atoms with van der Waals surface area (Å²) >= 11 is 0. The molecule has 0 bridgehead atoms. The molecule has 2 N–H and O–H groups in total. The molecule has 0 saturated heterocycles. The first-order valence-electron chi connectivity index (χ1n) is 9.03. The molecule has 6 nitrogen and oxygen atoms in total. The van der Waals surface area contributed by atoms with E-state index in [9.17, 15) is 4.39 Å². The summed E-state index contributed by atoms with van der Waals surface area (Å²) in [6.07, 6.45) is 2.05. The van der Waals surface area contributed by atoms with Crippen LogP contribution in [0, 0.1) is 12.7 Å². The van der Waals surface area contributed by atoms with Gasteiger partial charge in [-0.25, -0.2) is 14.1 Å². The van der Waals surface area contributed by atoms with Crippen LogP contribution in [0.1, 0.15) is 49.9 Å². The monoisotopic (exact) mass is 486 g/mol. The lowest BCUT2D eigenvalue weighted by atomic mass is 9.84. The van der Waals surface area contributed by atoms with Gasteiger partial charge in [0.2, 0.25) is 0 Å². The number of fused-ring (bicyclic) bond motifs is 1. The van der Waals surface area contributed by atoms with Crippen LogP contribution < -0.4 is 10.6 Å². The number of aromatic nitrogens is 3. The quantitative estimate of drug-likeness (QED) is 0.396. The summed E-state index contributed by atoms with van der Waals surface area (Å²) in [5, 5.41) is 11.3. The zero-order valence-electron chi connectivity index (χ0n) is 16.3. The van der Waals surface area contributed by atoms with Gasteiger partial charge in [-0.3, -0.25) is 4.99 Å². The van der Waals surface area contributed by atoms with Gasteiger partial charge in [0.1, 0.15) is 17.5 Å². The Morgan fingerprint density at radius 3 is 2.89 bits per heavy atom. The molecule has 0 aliphatic carbocycles. The van der Waals surface area contributed by atoms with Crippen molar-refractivity contribution in [3.63, 3.8) is 0 Å². The molecule has 1 aromatic heterocycles. The molecule has 148 valence electrons. The lowest BCUT2D eigenvalue weighted by molar-refractivity contribution is 0.396. The van der Waals surface area contributed by atoms with Crippen LogP contribution in [0.3, 0.4) is 0 Å². The molecule has 0 spiro atoms. The van der Waals surface area contributed by atoms with E-state index in [1.807, 2.05) is 17.7 Å². The number of aryl methyl sites for hydroxylation is 2. The fraction of sp³-hybridized carbons (Fsp3) is 0.526. The Hall–Kier alpha value is -1.71. The first-order chi connectivity index (χ1) is 12.4. The molecule has 0 amide bonds. The van der Waals surface area contributed by atoms with Crippen molar-refractivity contribution >= 4 is 29.9 Å². The average Bonchev–Trinajstić information content (AvgIpc) is 2.99. The first-order valence-corrected chi connectivity index (χ1v) is 9.03. The summed E-state index contributed by atoms with van der Waals surface area (Å²) in [6.45, 7) is 7.63. The number of nitrogens with one attached hydrogen (secondary N) is 2. The van der Waals surface area contributed by atoms with Gasteiger partial charge in [-0.05, 0) is 37.5 Å². The smallest absolute Gasteiger partial charge is 0.191 e. The predicted octanol–water partition coefficient (Wildman–Crippen LogP) is 3.32. The van der Waals surface area contributed by atoms with Crippen LogP contribution in [0.4, 0.5) is 4.39 Å². The van der Waals surface area contributed by atoms with Gasteiger partial charge in [0, 0.05) is 25.6 Å². The van der Waals surface area contributed by atoms with Crippen molar-refractivity contribution in [3.05, 3.63) is 47.3 Å². The lowest BCUT2D eigenvalue weighted by Gasteiger charge is -2.29. The van der Waals surface area contributed by atoms with Crippen molar-refractivity contribution in [2.24, 2.45) is 4.99 Å². The third kappa shape index (κ3) is 5.18. The molecule has 0 fully saturated rings. The van der Waals surface area contributed by atoms with E-state index in [0.29, 0.717) is 12.5 Å². The molecule has 2 heterocycles. The molecule has 1 aromatic carbocycles. The standard InChI is InChI=1S/C19H27FN6.HI/c1-13-23-17-16(9-6-10-26(17)25-13)24-18(21-4)22-12-19(2,3)14-7-5-8-15(20)11-14;/h5,7-8,11,16H,6,9-10,12H2,1-4H3,(H2,21,22,24);1H. The molecule has 27 heavy (non-hydrogen) atoms. The molecule has 0 saturated carbocycles. The van der Waals surface area contributed by atoms with E-state index in [-0.39, 0.29) is 41.3 Å². The van der Waals surface area contributed by atoms with Crippen molar-refractivity contribution in [1.82, 2.24) is 25.4 Å². The first kappa shape index (κ1) is 21.6. The van der Waals surface area contributed by atoms with Gasteiger partial charge in [0.15, 0.2) is 5.96 Å². The molecule has 1 atom stereocenters. The Bertz CT molecular complexity index is 801. The number of benzene rings is 1. The van der Waals surface area contributed by atoms with E-state index in [0.717, 1.165) is 36.6 Å². The second-order valence-corrected chi connectivity index (χ2v) is 7.40. The van der Waals surface area contributed by atoms with Crippen LogP contribution >= 0.6 is 24.0 Å². The molecule has 2 aromatic rings. The number of rotatable bonds is 4. The van der Waals surface area contributed by atoms with E-state index in [4.69, 9.17) is 0 Å². The van der Waals surface area contributed by atoms with Gasteiger partial charge in [-0.15, -0.1) is 24.0 Å². The maximum absolute atomic E-state index is 13.5. The van der Waals surface area contributed by atoms with Crippen LogP contribution in [-0.2, 0) is 12.0 Å². The van der Waals surface area contributed by atoms with Crippen LogP contribution in [0.25, 0.3) is 0 Å². The molecule has 3 rings (SSSR count). The normalized spacial score (nSPS) is 17.1. The van der Waals surface area contributed by atoms with Gasteiger partial charge in [-0.1, -0.05) is 26.0 Å². The number of aliphatic imine (C=N–C) groups is 1. The Morgan fingerprint density at radius 2 is 2.19 bits per heavy atom. The van der Waals surface area contributed by atoms with Crippen molar-refractivity contribution in [1.29, 1.82) is 0 Å². The Balaban J connectivity index is 0.00000261. The maximum atomic E-state index is 13.5. The Kier molecular flexibility index (Phi) is 7.19. The summed E-state index contributed by atoms with van der Waals surface area (Å²) in [6, 6.07) is 6.84. The van der Waals surface area contributed by atoms with E-state index in [1.165, 1.54) is 6.07 Å². The average molecular weight is 486 g/mol. The molecular weight excluding hydrogens is 458 g/mol. The number of guanidine groups is 1. The van der Waals surface area contributed by atoms with Gasteiger partial charge >= 0.3 is 0 Å². The zero-order valence-corrected chi connectivity index (χ0v) is 18.6. The molecule has 0 radical (unpaired) electrons. The van der Waals surface area contributed by atoms with Gasteiger partial charge < -0.3 is 10.6 Å². The molecule has 1 aliphatic heterocycles. The van der Waals surface area contributed by atoms with Crippen LogP contribution in [0.15, 0.2) is 29.3 Å². The topological polar surface area (TPSA) is 67.1 Å². The van der Waals surface area contributed by atoms with E-state index >= 15 is 0 Å². The van der Waals surface area contributed by atoms with E-state index < -0.39 is 0 Å². The maximum Gasteiger partial charge on any atom is 0.191 e. The number of hydrogen-bond acceptors (Lipinski definition) is 3. The zero-order chi connectivity index (χ0) is 18.7. The van der Waals surface area contributed by atoms with E-state index in [2.05, 4.69) is 39.6 Å². The number of nitrogens with zero attached hydrogens (tertiary/aromatic N) is 4. The third-order valence-corrected chi connectivity index (χ3v) is 4.82. The van der Waals surface area contributed by atoms with Crippen molar-refractivity contribution in [2.75, 3.05) is 13.6 Å². The van der Waals surface area contributed by atoms with Crippen LogP contribution in [0.5, 0.6) is 0 Å². The Labute approximate surface area is 177 Å². The van der Waals surface area contributed by atoms with Gasteiger partial charge in [0.25, 0.3) is 0 Å². The molecule has 1 aliphatic rings. The highest BCUT2D eigenvalue weighted by molar-refractivity contribution is 14.0. The SMILES string of the molecule is CN=C(NCC(C)(C)c1cccc(F)c1)NC1CCCn2nc(C)nc21.I. The Morgan fingerprint density at radius 1 is 1.41 bits per heavy atom. The van der Waals surface area contributed by atoms with Gasteiger partial charge in [-0.2, -0.15) is 5.10 Å². The van der Waals surface area contributed by atoms with Crippen molar-refractivity contribution < 1.29 is 4.39 Å². The number of halogens is 2. The summed E-state index contributed by atoms with van der Waals surface area (Å²) in [7, 11) is 1.75. The molecule has 1 unspecified atom stereocenters. The molecule has 8 heteroatoms. The van der Waals surface area contributed by atoms with Gasteiger partial charge in [0.05, 0.1) is 6.04 Å². The summed E-state index contributed by atoms with van der Waals surface area (Å²) < 4.78 is 15.5. The largest absolute Gasteiger partial charge is 0.356 e. The fourth-order valence-electron chi connectivity index (χ4n) is 3.28. The summed E-state index contributed by atoms with van der Waals surface area (Å²) in [4.78, 5) is 8.89. The second-order valence-electron chi connectivity index (χ2n) is 7.40. The second kappa shape index (κ2) is 8.99. The highest BCUT2D eigenvalue weighted by Crippen LogP contribution is 2.24. The minimum absolute atomic E-state index is 0. The minimum atomic E-state index is -0.233.